The number of rotatable bonds is 4. The maximum absolute atomic E-state index is 13.8. The molecule has 3 rings (SSSR count). The molecule has 1 heterocycles. The molecule has 144 valence electrons. The van der Waals surface area contributed by atoms with Gasteiger partial charge in [0.25, 0.3) is 15.9 Å². The quantitative estimate of drug-likeness (QED) is 0.860. The molecule has 2 aromatic carbocycles. The Hall–Kier alpha value is -2.48. The van der Waals surface area contributed by atoms with Gasteiger partial charge in [-0.2, -0.15) is 0 Å². The van der Waals surface area contributed by atoms with Crippen molar-refractivity contribution < 1.29 is 22.0 Å². The van der Waals surface area contributed by atoms with Gasteiger partial charge in [0.05, 0.1) is 10.6 Å². The van der Waals surface area contributed by atoms with Crippen LogP contribution in [-0.4, -0.2) is 32.3 Å². The van der Waals surface area contributed by atoms with E-state index in [1.54, 1.807) is 17.9 Å². The van der Waals surface area contributed by atoms with Crippen molar-refractivity contribution in [3.8, 4) is 0 Å². The summed E-state index contributed by atoms with van der Waals surface area (Å²) in [6, 6.07) is 6.77. The van der Waals surface area contributed by atoms with E-state index in [9.17, 15) is 22.0 Å². The lowest BCUT2D eigenvalue weighted by atomic mass is 10.1. The first-order valence-corrected chi connectivity index (χ1v) is 10.1. The predicted molar refractivity (Wildman–Crippen MR) is 98.1 cm³/mol. The highest BCUT2D eigenvalue weighted by Crippen LogP contribution is 2.23. The number of halogens is 2. The molecule has 1 aliphatic heterocycles. The Morgan fingerprint density at radius 2 is 1.74 bits per heavy atom. The fourth-order valence-corrected chi connectivity index (χ4v) is 4.14. The van der Waals surface area contributed by atoms with E-state index in [2.05, 4.69) is 4.72 Å². The molecule has 0 aromatic heterocycles. The van der Waals surface area contributed by atoms with Crippen LogP contribution in [-0.2, 0) is 10.0 Å². The van der Waals surface area contributed by atoms with Crippen LogP contribution < -0.4 is 4.72 Å². The van der Waals surface area contributed by atoms with Gasteiger partial charge >= 0.3 is 0 Å². The van der Waals surface area contributed by atoms with Crippen molar-refractivity contribution in [2.75, 3.05) is 17.8 Å². The van der Waals surface area contributed by atoms with Gasteiger partial charge in [0.1, 0.15) is 11.6 Å². The second kappa shape index (κ2) is 7.64. The zero-order valence-electron chi connectivity index (χ0n) is 14.8. The zero-order chi connectivity index (χ0) is 19.6. The monoisotopic (exact) mass is 394 g/mol. The number of carbonyl (C=O) groups excluding carboxylic acids is 1. The van der Waals surface area contributed by atoms with E-state index in [-0.39, 0.29) is 16.5 Å². The van der Waals surface area contributed by atoms with Crippen molar-refractivity contribution in [3.63, 3.8) is 0 Å². The van der Waals surface area contributed by atoms with Crippen molar-refractivity contribution >= 4 is 21.6 Å². The molecule has 1 amide bonds. The topological polar surface area (TPSA) is 66.5 Å². The van der Waals surface area contributed by atoms with Gasteiger partial charge in [-0.1, -0.05) is 6.07 Å². The summed E-state index contributed by atoms with van der Waals surface area (Å²) in [5.41, 5.74) is 0.609. The fraction of sp³-hybridized carbons (Fsp3) is 0.316. The summed E-state index contributed by atoms with van der Waals surface area (Å²) in [6.07, 6.45) is 2.92. The van der Waals surface area contributed by atoms with Gasteiger partial charge in [-0.3, -0.25) is 9.52 Å². The highest BCUT2D eigenvalue weighted by Gasteiger charge is 2.23. The number of benzene rings is 2. The standard InChI is InChI=1S/C19H20F2N2O3S/c1-13-5-7-15(12-16(13)19(24)23-9-3-2-4-10-23)27(25,26)22-18-8-6-14(20)11-17(18)21/h5-8,11-12,22H,2-4,9-10H2,1H3. The molecule has 0 radical (unpaired) electrons. The average molecular weight is 394 g/mol. The molecule has 5 nitrogen and oxygen atoms in total. The lowest BCUT2D eigenvalue weighted by molar-refractivity contribution is 0.0723. The van der Waals surface area contributed by atoms with Crippen LogP contribution in [0.3, 0.4) is 0 Å². The summed E-state index contributed by atoms with van der Waals surface area (Å²) in [6.45, 7) is 3.03. The van der Waals surface area contributed by atoms with E-state index in [1.165, 1.54) is 12.1 Å². The second-order valence-electron chi connectivity index (χ2n) is 6.56. The molecule has 2 aromatic rings. The van der Waals surface area contributed by atoms with Crippen LogP contribution in [0, 0.1) is 18.6 Å². The number of hydrogen-bond donors (Lipinski definition) is 1. The van der Waals surface area contributed by atoms with Crippen molar-refractivity contribution in [3.05, 3.63) is 59.2 Å². The first kappa shape index (κ1) is 19.3. The summed E-state index contributed by atoms with van der Waals surface area (Å²) in [4.78, 5) is 14.3. The van der Waals surface area contributed by atoms with Gasteiger partial charge in [-0.05, 0) is 56.0 Å². The van der Waals surface area contributed by atoms with Gasteiger partial charge < -0.3 is 4.90 Å². The van der Waals surface area contributed by atoms with E-state index in [4.69, 9.17) is 0 Å². The Morgan fingerprint density at radius 3 is 2.41 bits per heavy atom. The molecular formula is C19H20F2N2O3S. The molecule has 1 N–H and O–H groups in total. The predicted octanol–water partition coefficient (Wildman–Crippen LogP) is 3.70. The van der Waals surface area contributed by atoms with Crippen LogP contribution in [0.25, 0.3) is 0 Å². The minimum atomic E-state index is -4.14. The highest BCUT2D eigenvalue weighted by atomic mass is 32.2. The second-order valence-corrected chi connectivity index (χ2v) is 8.24. The lowest BCUT2D eigenvalue weighted by Crippen LogP contribution is -2.36. The van der Waals surface area contributed by atoms with E-state index in [1.807, 2.05) is 0 Å². The molecule has 1 aliphatic rings. The fourth-order valence-electron chi connectivity index (χ4n) is 3.04. The molecule has 0 saturated carbocycles. The van der Waals surface area contributed by atoms with Crippen LogP contribution in [0.2, 0.25) is 0 Å². The summed E-state index contributed by atoms with van der Waals surface area (Å²) >= 11 is 0. The summed E-state index contributed by atoms with van der Waals surface area (Å²) in [5.74, 6) is -2.03. The van der Waals surface area contributed by atoms with E-state index in [0.29, 0.717) is 30.3 Å². The molecule has 0 bridgehead atoms. The summed E-state index contributed by atoms with van der Waals surface area (Å²) in [5, 5.41) is 0. The average Bonchev–Trinajstić information content (AvgIpc) is 2.64. The number of hydrogen-bond acceptors (Lipinski definition) is 3. The van der Waals surface area contributed by atoms with Crippen LogP contribution in [0.1, 0.15) is 35.2 Å². The van der Waals surface area contributed by atoms with Crippen molar-refractivity contribution in [1.82, 2.24) is 4.90 Å². The molecule has 8 heteroatoms. The number of likely N-dealkylation sites (tertiary alicyclic amines) is 1. The lowest BCUT2D eigenvalue weighted by Gasteiger charge is -2.27. The van der Waals surface area contributed by atoms with Gasteiger partial charge in [-0.15, -0.1) is 0 Å². The van der Waals surface area contributed by atoms with Gasteiger partial charge in [-0.25, -0.2) is 17.2 Å². The molecule has 1 fully saturated rings. The Bertz CT molecular complexity index is 971. The number of aryl methyl sites for hydroxylation is 1. The van der Waals surface area contributed by atoms with Crippen molar-refractivity contribution in [2.24, 2.45) is 0 Å². The smallest absolute Gasteiger partial charge is 0.262 e. The maximum atomic E-state index is 13.8. The number of nitrogens with zero attached hydrogens (tertiary/aromatic N) is 1. The molecule has 0 spiro atoms. The number of anilines is 1. The Morgan fingerprint density at radius 1 is 1.04 bits per heavy atom. The van der Waals surface area contributed by atoms with E-state index < -0.39 is 21.7 Å². The van der Waals surface area contributed by atoms with Crippen molar-refractivity contribution in [2.45, 2.75) is 31.1 Å². The minimum absolute atomic E-state index is 0.155. The SMILES string of the molecule is Cc1ccc(S(=O)(=O)Nc2ccc(F)cc2F)cc1C(=O)N1CCCCC1. The third-order valence-electron chi connectivity index (χ3n) is 4.57. The summed E-state index contributed by atoms with van der Waals surface area (Å²) in [7, 11) is -4.14. The number of carbonyl (C=O) groups is 1. The Balaban J connectivity index is 1.90. The number of piperidine rings is 1. The molecule has 0 atom stereocenters. The largest absolute Gasteiger partial charge is 0.339 e. The van der Waals surface area contributed by atoms with Crippen molar-refractivity contribution in [1.29, 1.82) is 0 Å². The highest BCUT2D eigenvalue weighted by molar-refractivity contribution is 7.92. The third-order valence-corrected chi connectivity index (χ3v) is 5.93. The molecule has 0 aliphatic carbocycles. The van der Waals surface area contributed by atoms with Crippen LogP contribution in [0.5, 0.6) is 0 Å². The molecule has 0 unspecified atom stereocenters. The third kappa shape index (κ3) is 4.27. The molecular weight excluding hydrogens is 374 g/mol. The van der Waals surface area contributed by atoms with Crippen LogP contribution in [0.4, 0.5) is 14.5 Å². The van der Waals surface area contributed by atoms with Gasteiger partial charge in [0, 0.05) is 24.7 Å². The first-order valence-electron chi connectivity index (χ1n) is 8.66. The van der Waals surface area contributed by atoms with Crippen LogP contribution >= 0.6 is 0 Å². The normalized spacial score (nSPS) is 14.9. The van der Waals surface area contributed by atoms with Gasteiger partial charge in [0.2, 0.25) is 0 Å². The molecule has 27 heavy (non-hydrogen) atoms. The minimum Gasteiger partial charge on any atom is -0.339 e. The zero-order valence-corrected chi connectivity index (χ0v) is 15.7. The maximum Gasteiger partial charge on any atom is 0.262 e. The summed E-state index contributed by atoms with van der Waals surface area (Å²) < 4.78 is 54.1. The number of nitrogens with one attached hydrogen (secondary N) is 1. The first-order chi connectivity index (χ1) is 12.8. The Labute approximate surface area is 157 Å². The van der Waals surface area contributed by atoms with Crippen LogP contribution in [0.15, 0.2) is 41.3 Å². The number of amides is 1. The number of sulfonamides is 1. The Kier molecular flexibility index (Phi) is 5.46. The van der Waals surface area contributed by atoms with E-state index >= 15 is 0 Å². The molecule has 1 saturated heterocycles. The van der Waals surface area contributed by atoms with Gasteiger partial charge in [0.15, 0.2) is 0 Å². The van der Waals surface area contributed by atoms with E-state index in [0.717, 1.165) is 31.4 Å².